The minimum Gasteiger partial charge on any atom is -0.494 e. The fraction of sp³-hybridized carbons (Fsp3) is 0.476. The van der Waals surface area contributed by atoms with E-state index < -0.39 is 44.2 Å². The molecule has 0 aliphatic carbocycles. The number of unbranched alkanes of at least 4 members (excludes halogenated alkanes) is 26. The van der Waals surface area contributed by atoms with E-state index >= 15 is 0 Å². The SMILES string of the molecule is COc1cccc2c1nc1ccccc1[n+]2CCCCC(=O)O.COc1cccc2c1nc1ccccc1[n+]2CCCCCCCC(=O)CCOCCC(=O)O.COc1cccc2c1nc1ccccc1[n+]2CCCCCCCCCCC(=O)NCCCCCCCCCCC(=O)O.COc1cccc2c1nc1ccccc1[n+]2CCCCCCCCCCC(=O)O.O=[N+]([O-])[O-].O=[N+]([O-])[O-].O=[N+]([O-])[O-].O=[N+]([O-])[O-]. The molecule has 0 aliphatic heterocycles. The van der Waals surface area contributed by atoms with Gasteiger partial charge in [-0.2, -0.15) is 18.3 Å². The number of nitrogens with one attached hydrogen (secondary N) is 1. The Morgan fingerprint density at radius 3 is 0.741 bits per heavy atom. The van der Waals surface area contributed by atoms with Gasteiger partial charge in [-0.3, -0.25) is 28.8 Å². The highest BCUT2D eigenvalue weighted by molar-refractivity contribution is 5.89. The number of carboxylic acids is 4. The van der Waals surface area contributed by atoms with Gasteiger partial charge >= 0.3 is 23.9 Å². The maximum atomic E-state index is 12.1. The second-order valence-electron chi connectivity index (χ2n) is 33.5. The summed E-state index contributed by atoms with van der Waals surface area (Å²) in [6.07, 6.45) is 36.0. The highest BCUT2D eigenvalue weighted by Gasteiger charge is 2.25. The van der Waals surface area contributed by atoms with Crippen molar-refractivity contribution in [1.82, 2.24) is 25.3 Å². The van der Waals surface area contributed by atoms with Crippen molar-refractivity contribution in [3.05, 3.63) is 231 Å². The molecule has 0 spiro atoms. The van der Waals surface area contributed by atoms with E-state index in [-0.39, 0.29) is 31.1 Å². The molecule has 143 heavy (non-hydrogen) atoms. The molecular formula is C103H135N13O27. The fourth-order valence-electron chi connectivity index (χ4n) is 16.4. The van der Waals surface area contributed by atoms with Gasteiger partial charge in [0.25, 0.3) is 0 Å². The number of benzene rings is 8. The van der Waals surface area contributed by atoms with Crippen LogP contribution in [-0.4, -0.2) is 144 Å². The number of nitrogens with zero attached hydrogens (tertiary/aromatic N) is 12. The lowest BCUT2D eigenvalue weighted by Crippen LogP contribution is -2.36. The van der Waals surface area contributed by atoms with Crippen LogP contribution >= 0.6 is 0 Å². The monoisotopic (exact) mass is 1990 g/mol. The van der Waals surface area contributed by atoms with Crippen LogP contribution in [0.25, 0.3) is 88.3 Å². The second kappa shape index (κ2) is 69.9. The van der Waals surface area contributed by atoms with E-state index in [0.29, 0.717) is 45.1 Å². The van der Waals surface area contributed by atoms with Gasteiger partial charge in [0.05, 0.1) is 68.4 Å². The molecule has 0 saturated heterocycles. The summed E-state index contributed by atoms with van der Waals surface area (Å²) in [4.78, 5) is 118. The third-order valence-corrected chi connectivity index (χ3v) is 23.1. The average molecular weight is 1990 g/mol. The zero-order chi connectivity index (χ0) is 104. The topological polar surface area (TPSA) is 573 Å². The van der Waals surface area contributed by atoms with Gasteiger partial charge < -0.3 is 111 Å². The van der Waals surface area contributed by atoms with Crippen LogP contribution in [0.15, 0.2) is 170 Å². The molecule has 5 N–H and O–H groups in total. The van der Waals surface area contributed by atoms with Crippen LogP contribution in [0.3, 0.4) is 0 Å². The first-order chi connectivity index (χ1) is 69.0. The zero-order valence-electron chi connectivity index (χ0n) is 82.0. The van der Waals surface area contributed by atoms with Crippen LogP contribution in [0.1, 0.15) is 244 Å². The van der Waals surface area contributed by atoms with Gasteiger partial charge in [-0.25, -0.2) is 19.9 Å². The number of carbonyl (C=O) groups excluding carboxylic acids is 2. The van der Waals surface area contributed by atoms with Gasteiger partial charge in [-0.05, 0) is 106 Å². The number of hydrogen-bond donors (Lipinski definition) is 5. The lowest BCUT2D eigenvalue weighted by Gasteiger charge is -2.08. The van der Waals surface area contributed by atoms with Crippen molar-refractivity contribution in [2.75, 3.05) is 48.2 Å². The number of ether oxygens (including phenoxy) is 5. The van der Waals surface area contributed by atoms with Crippen LogP contribution in [0.4, 0.5) is 0 Å². The molecule has 12 rings (SSSR count). The number of para-hydroxylation sites is 12. The number of ketones is 1. The van der Waals surface area contributed by atoms with Crippen molar-refractivity contribution in [1.29, 1.82) is 0 Å². The predicted octanol–water partition coefficient (Wildman–Crippen LogP) is 19.6. The molecule has 0 bridgehead atoms. The molecule has 774 valence electrons. The molecule has 1 amide bonds. The first-order valence-corrected chi connectivity index (χ1v) is 48.5. The average Bonchev–Trinajstić information content (AvgIpc) is 0.782. The molecule has 12 aromatic rings. The van der Waals surface area contributed by atoms with Crippen molar-refractivity contribution in [3.8, 4) is 23.0 Å². The second-order valence-corrected chi connectivity index (χ2v) is 33.5. The van der Waals surface area contributed by atoms with Crippen LogP contribution < -0.4 is 42.5 Å². The molecule has 0 fully saturated rings. The van der Waals surface area contributed by atoms with E-state index in [1.54, 1.807) is 28.4 Å². The minimum absolute atomic E-state index is 0.0227. The lowest BCUT2D eigenvalue weighted by atomic mass is 10.1. The number of fused-ring (bicyclic) bond motifs is 8. The molecule has 0 radical (unpaired) electrons. The number of carboxylic acid groups (broad SMARTS) is 4. The molecule has 4 aromatic heterocycles. The van der Waals surface area contributed by atoms with E-state index in [4.69, 9.17) is 125 Å². The number of aryl methyl sites for hydroxylation is 4. The Bertz CT molecular complexity index is 5900. The smallest absolute Gasteiger partial charge is 0.305 e. The Balaban J connectivity index is 0.000000324. The molecule has 0 saturated carbocycles. The number of rotatable bonds is 56. The molecular weight excluding hydrogens is 1850 g/mol. The quantitative estimate of drug-likeness (QED) is 0.00777. The number of Topliss-reactive ketones (excluding diaryl/α,β-unsaturated/α-hetero) is 1. The first kappa shape index (κ1) is 119. The Morgan fingerprint density at radius 1 is 0.266 bits per heavy atom. The standard InChI is InChI=1S/C35H51N3O4.C26H32N2O5.C24H30N2O3.C18H18N2O3.4NO3/c1-42-32-24-20-23-31-35(32)37-29-21-16-17-22-30(29)38(31)28-19-13-9-5-3-6-10-14-25-33(39)36-27-18-12-8-4-2-7-11-15-26-34(40)41;1-32-24-14-9-13-23-26(24)27-21-11-6-7-12-22(21)28(23)17-8-4-2-3-5-10-20(29)15-18-33-19-16-25(30)31;1-29-22-16-12-15-21-24(22)25-19-13-9-10-14-20(19)26(21)18-11-7-5-3-2-4-6-8-17-23(27)28;1-23-16-10-6-9-15-18(16)19-13-7-2-3-8-14(13)20(15)12-5-4-11-17(21)22;4*2-1(3)4/h16-17,20-24H,2-15,18-19,25-28H2,1H3,(H-,36,39,40,41);6-7,9,11-14H,2-5,8,10,15-19H2,1H3;9-10,12-16H,2-8,11,17-18H2,1H3;2-3,6-10H,4-5,11-12H2,1H3;;;;/q;;;;4*-1/p+4. The summed E-state index contributed by atoms with van der Waals surface area (Å²) in [5.41, 5.74) is 16.2. The summed E-state index contributed by atoms with van der Waals surface area (Å²) < 4.78 is 36.5. The van der Waals surface area contributed by atoms with Crippen LogP contribution in [0.5, 0.6) is 23.0 Å². The van der Waals surface area contributed by atoms with Crippen LogP contribution in [-0.2, 0) is 59.7 Å². The molecule has 40 nitrogen and oxygen atoms in total. The maximum Gasteiger partial charge on any atom is 0.305 e. The fourth-order valence-corrected chi connectivity index (χ4v) is 16.4. The van der Waals surface area contributed by atoms with Gasteiger partial charge in [-0.15, -0.1) is 0 Å². The Morgan fingerprint density at radius 2 is 0.476 bits per heavy atom. The van der Waals surface area contributed by atoms with Gasteiger partial charge in [0, 0.05) is 119 Å². The van der Waals surface area contributed by atoms with E-state index in [1.165, 1.54) is 82.6 Å². The Hall–Kier alpha value is -14.9. The first-order valence-electron chi connectivity index (χ1n) is 48.5. The Labute approximate surface area is 829 Å². The molecule has 0 atom stereocenters. The molecule has 0 unspecified atom stereocenters. The van der Waals surface area contributed by atoms with Crippen LogP contribution in [0.2, 0.25) is 0 Å². The third kappa shape index (κ3) is 46.9. The van der Waals surface area contributed by atoms with Gasteiger partial charge in [0.15, 0.2) is 45.1 Å². The summed E-state index contributed by atoms with van der Waals surface area (Å²) in [5.74, 6) is 0.518. The summed E-state index contributed by atoms with van der Waals surface area (Å²) in [6.45, 7) is 4.84. The number of carbonyl (C=O) groups is 6. The normalized spacial score (nSPS) is 10.6. The highest BCUT2D eigenvalue weighted by atomic mass is 16.9. The van der Waals surface area contributed by atoms with Gasteiger partial charge in [-0.1, -0.05) is 188 Å². The number of methoxy groups -OCH3 is 4. The molecule has 8 aromatic carbocycles. The lowest BCUT2D eigenvalue weighted by molar-refractivity contribution is -0.646. The maximum absolute atomic E-state index is 12.1. The third-order valence-electron chi connectivity index (χ3n) is 23.1. The van der Waals surface area contributed by atoms with Crippen molar-refractivity contribution in [3.63, 3.8) is 0 Å². The van der Waals surface area contributed by atoms with Gasteiger partial charge in [0.1, 0.15) is 54.0 Å². The van der Waals surface area contributed by atoms with Crippen LogP contribution in [0, 0.1) is 61.3 Å². The number of amides is 1. The van der Waals surface area contributed by atoms with Crippen molar-refractivity contribution in [2.24, 2.45) is 0 Å². The molecule has 4 heterocycles. The highest BCUT2D eigenvalue weighted by Crippen LogP contribution is 2.30. The van der Waals surface area contributed by atoms with Gasteiger partial charge in [0.2, 0.25) is 50.0 Å². The van der Waals surface area contributed by atoms with Crippen molar-refractivity contribution >= 4 is 124 Å². The number of aliphatic carboxylic acids is 4. The molecule has 40 heteroatoms. The zero-order valence-corrected chi connectivity index (χ0v) is 82.0. The minimum atomic E-state index is -1.75. The van der Waals surface area contributed by atoms with Crippen molar-refractivity contribution in [2.45, 2.75) is 270 Å². The Kier molecular flexibility index (Phi) is 58.0. The predicted molar refractivity (Wildman–Crippen MR) is 540 cm³/mol. The summed E-state index contributed by atoms with van der Waals surface area (Å²) >= 11 is 0. The largest absolute Gasteiger partial charge is 0.494 e. The van der Waals surface area contributed by atoms with E-state index in [2.05, 4.69) is 84.2 Å². The van der Waals surface area contributed by atoms with E-state index in [0.717, 1.165) is 254 Å². The van der Waals surface area contributed by atoms with E-state index in [9.17, 15) is 28.8 Å². The summed E-state index contributed by atoms with van der Waals surface area (Å²) in [7, 11) is 6.71. The summed E-state index contributed by atoms with van der Waals surface area (Å²) in [5, 5.41) is 96.7. The molecule has 0 aliphatic rings. The van der Waals surface area contributed by atoms with E-state index in [1.807, 2.05) is 109 Å². The van der Waals surface area contributed by atoms with Crippen molar-refractivity contribution < 1.29 is 111 Å². The summed E-state index contributed by atoms with van der Waals surface area (Å²) in [6, 6.07) is 57.0. The number of hydrogen-bond acceptors (Lipinski definition) is 27. The number of aromatic nitrogens is 8.